The zero-order chi connectivity index (χ0) is 36.4. The maximum absolute atomic E-state index is 4.56. The van der Waals surface area contributed by atoms with Crippen molar-refractivity contribution in [2.75, 3.05) is 6.54 Å². The first-order valence-corrected chi connectivity index (χ1v) is 23.3. The third-order valence-electron chi connectivity index (χ3n) is 15.7. The average Bonchev–Trinajstić information content (AvgIpc) is 3.23. The van der Waals surface area contributed by atoms with E-state index in [1.54, 1.807) is 16.7 Å². The topological polar surface area (TPSA) is 12.0 Å². The molecule has 0 radical (unpaired) electrons. The van der Waals surface area contributed by atoms with Crippen molar-refractivity contribution in [3.63, 3.8) is 0 Å². The van der Waals surface area contributed by atoms with Crippen LogP contribution in [-0.4, -0.2) is 12.6 Å². The van der Waals surface area contributed by atoms with Crippen LogP contribution >= 0.6 is 0 Å². The van der Waals surface area contributed by atoms with E-state index in [0.29, 0.717) is 11.8 Å². The van der Waals surface area contributed by atoms with Gasteiger partial charge >= 0.3 is 0 Å². The zero-order valence-electron chi connectivity index (χ0n) is 34.3. The highest BCUT2D eigenvalue weighted by atomic mass is 14.9. The summed E-state index contributed by atoms with van der Waals surface area (Å²) in [7, 11) is 0. The van der Waals surface area contributed by atoms with Crippen molar-refractivity contribution in [1.29, 1.82) is 0 Å². The van der Waals surface area contributed by atoms with Crippen LogP contribution in [0, 0.1) is 47.3 Å². The van der Waals surface area contributed by atoms with E-state index in [0.717, 1.165) is 41.5 Å². The SMILES string of the molecule is C=C(/C=C\CCCC)C1=CCC(C2=CCC(/C(C)=C3\C=CCCC3C(CNC3CCCCC3)C3CCC(C4=CCCCC4)CC3)CC2)C2CCC=CC12. The van der Waals surface area contributed by atoms with E-state index in [1.807, 2.05) is 5.57 Å². The third kappa shape index (κ3) is 9.83. The summed E-state index contributed by atoms with van der Waals surface area (Å²) in [5.41, 5.74) is 9.93. The Labute approximate surface area is 326 Å². The lowest BCUT2D eigenvalue weighted by atomic mass is 9.62. The van der Waals surface area contributed by atoms with Crippen LogP contribution in [0.25, 0.3) is 0 Å². The van der Waals surface area contributed by atoms with E-state index in [-0.39, 0.29) is 0 Å². The van der Waals surface area contributed by atoms with Crippen molar-refractivity contribution in [2.45, 2.75) is 174 Å². The Bertz CT molecular complexity index is 1430. The fraction of sp³-hybridized carbons (Fsp3) is 0.692. The fourth-order valence-corrected chi connectivity index (χ4v) is 12.5. The highest BCUT2D eigenvalue weighted by Crippen LogP contribution is 2.50. The Balaban J connectivity index is 1.05. The maximum atomic E-state index is 4.56. The Hall–Kier alpha value is -2.12. The maximum Gasteiger partial charge on any atom is 0.00671 e. The van der Waals surface area contributed by atoms with Gasteiger partial charge in [-0.25, -0.2) is 0 Å². The lowest BCUT2D eigenvalue weighted by molar-refractivity contribution is 0.158. The molecular formula is C52H77N. The Morgan fingerprint density at radius 1 is 0.830 bits per heavy atom. The lowest BCUT2D eigenvalue weighted by Crippen LogP contribution is -2.41. The van der Waals surface area contributed by atoms with Gasteiger partial charge in [-0.1, -0.05) is 117 Å². The molecule has 6 atom stereocenters. The van der Waals surface area contributed by atoms with Gasteiger partial charge in [-0.15, -0.1) is 0 Å². The fourth-order valence-electron chi connectivity index (χ4n) is 12.5. The smallest absolute Gasteiger partial charge is 0.00671 e. The van der Waals surface area contributed by atoms with Gasteiger partial charge in [0.15, 0.2) is 0 Å². The molecule has 7 aliphatic rings. The summed E-state index contributed by atoms with van der Waals surface area (Å²) in [6.45, 7) is 10.7. The molecule has 1 heteroatoms. The summed E-state index contributed by atoms with van der Waals surface area (Å²) in [6.07, 6.45) is 55.4. The van der Waals surface area contributed by atoms with Crippen LogP contribution in [0.1, 0.15) is 168 Å². The number of nitrogens with one attached hydrogen (secondary N) is 1. The molecular weight excluding hydrogens is 639 g/mol. The quantitative estimate of drug-likeness (QED) is 0.114. The van der Waals surface area contributed by atoms with Crippen LogP contribution in [0.4, 0.5) is 0 Å². The third-order valence-corrected chi connectivity index (χ3v) is 15.7. The van der Waals surface area contributed by atoms with Gasteiger partial charge in [0.1, 0.15) is 0 Å². The van der Waals surface area contributed by atoms with Gasteiger partial charge in [-0.3, -0.25) is 0 Å². The summed E-state index contributed by atoms with van der Waals surface area (Å²) in [5, 5.41) is 4.23. The molecule has 1 N–H and O–H groups in total. The molecule has 0 saturated heterocycles. The summed E-state index contributed by atoms with van der Waals surface area (Å²) in [5.74, 6) is 6.03. The molecule has 0 aromatic heterocycles. The van der Waals surface area contributed by atoms with Gasteiger partial charge in [0, 0.05) is 12.0 Å². The first-order chi connectivity index (χ1) is 26.1. The Morgan fingerprint density at radius 3 is 2.45 bits per heavy atom. The monoisotopic (exact) mass is 716 g/mol. The normalized spacial score (nSPS) is 34.2. The lowest BCUT2D eigenvalue weighted by Gasteiger charge is -2.43. The number of unbranched alkanes of at least 4 members (excludes halogenated alkanes) is 2. The summed E-state index contributed by atoms with van der Waals surface area (Å²) in [4.78, 5) is 0. The number of hydrogen-bond acceptors (Lipinski definition) is 1. The van der Waals surface area contributed by atoms with Crippen molar-refractivity contribution in [2.24, 2.45) is 47.3 Å². The molecule has 0 heterocycles. The van der Waals surface area contributed by atoms with Crippen molar-refractivity contribution in [1.82, 2.24) is 5.32 Å². The van der Waals surface area contributed by atoms with Gasteiger partial charge in [0.05, 0.1) is 0 Å². The molecule has 0 amide bonds. The minimum Gasteiger partial charge on any atom is -0.314 e. The van der Waals surface area contributed by atoms with Crippen LogP contribution in [0.15, 0.2) is 94.7 Å². The average molecular weight is 716 g/mol. The van der Waals surface area contributed by atoms with Crippen LogP contribution < -0.4 is 5.32 Å². The number of allylic oxidation sites excluding steroid dienone is 15. The second-order valence-corrected chi connectivity index (χ2v) is 18.8. The van der Waals surface area contributed by atoms with E-state index in [9.17, 15) is 0 Å². The zero-order valence-corrected chi connectivity index (χ0v) is 34.3. The summed E-state index contributed by atoms with van der Waals surface area (Å²) in [6, 6.07) is 0.759. The van der Waals surface area contributed by atoms with E-state index in [1.165, 1.54) is 172 Å². The van der Waals surface area contributed by atoms with Crippen LogP contribution in [0.3, 0.4) is 0 Å². The molecule has 1 nitrogen and oxygen atoms in total. The highest BCUT2D eigenvalue weighted by molar-refractivity contribution is 5.44. The Kier molecular flexibility index (Phi) is 14.5. The van der Waals surface area contributed by atoms with Crippen molar-refractivity contribution >= 4 is 0 Å². The van der Waals surface area contributed by atoms with E-state index in [4.69, 9.17) is 0 Å². The van der Waals surface area contributed by atoms with Gasteiger partial charge in [0.2, 0.25) is 0 Å². The first kappa shape index (κ1) is 39.1. The van der Waals surface area contributed by atoms with E-state index >= 15 is 0 Å². The molecule has 6 unspecified atom stereocenters. The molecule has 0 bridgehead atoms. The van der Waals surface area contributed by atoms with Gasteiger partial charge in [0.25, 0.3) is 0 Å². The molecule has 2 fully saturated rings. The molecule has 53 heavy (non-hydrogen) atoms. The number of rotatable bonds is 13. The van der Waals surface area contributed by atoms with E-state index < -0.39 is 0 Å². The van der Waals surface area contributed by atoms with E-state index in [2.05, 4.69) is 80.4 Å². The molecule has 7 rings (SSSR count). The molecule has 0 aromatic rings. The van der Waals surface area contributed by atoms with Crippen molar-refractivity contribution < 1.29 is 0 Å². The molecule has 290 valence electrons. The van der Waals surface area contributed by atoms with Gasteiger partial charge in [-0.05, 0) is 194 Å². The highest BCUT2D eigenvalue weighted by Gasteiger charge is 2.39. The minimum atomic E-state index is 0.551. The minimum absolute atomic E-state index is 0.551. The number of hydrogen-bond donors (Lipinski definition) is 1. The van der Waals surface area contributed by atoms with Crippen molar-refractivity contribution in [3.05, 3.63) is 94.7 Å². The van der Waals surface area contributed by atoms with Crippen LogP contribution in [0.5, 0.6) is 0 Å². The molecule has 0 aliphatic heterocycles. The standard InChI is InChI=1S/C52H77N/c1-4-5-6-9-18-38(2)46-35-36-48(51-26-17-16-24-49(46)51)43-31-27-40(28-32-43)39(3)47-23-14-15-25-50(47)52(37-53-45-21-12-8-13-22-45)44-33-29-42(30-34-44)41-19-10-7-11-20-41/h9,14,16,18-19,23-24,31,35,40,42,44-45,48-53H,2,4-8,10-13,15,17,20-22,25-30,32-34,36-37H2,1,3H3/b18-9-,47-39+. The van der Waals surface area contributed by atoms with Crippen LogP contribution in [-0.2, 0) is 0 Å². The molecule has 0 spiro atoms. The van der Waals surface area contributed by atoms with Gasteiger partial charge < -0.3 is 5.32 Å². The predicted octanol–water partition coefficient (Wildman–Crippen LogP) is 14.7. The summed E-state index contributed by atoms with van der Waals surface area (Å²) < 4.78 is 0. The number of fused-ring (bicyclic) bond motifs is 1. The second kappa shape index (κ2) is 19.6. The molecule has 7 aliphatic carbocycles. The Morgan fingerprint density at radius 2 is 1.68 bits per heavy atom. The van der Waals surface area contributed by atoms with Gasteiger partial charge in [-0.2, -0.15) is 0 Å². The summed E-state index contributed by atoms with van der Waals surface area (Å²) >= 11 is 0. The van der Waals surface area contributed by atoms with Crippen LogP contribution in [0.2, 0.25) is 0 Å². The molecule has 2 saturated carbocycles. The first-order valence-electron chi connectivity index (χ1n) is 23.3. The predicted molar refractivity (Wildman–Crippen MR) is 230 cm³/mol. The second-order valence-electron chi connectivity index (χ2n) is 18.8. The van der Waals surface area contributed by atoms with Crippen molar-refractivity contribution in [3.8, 4) is 0 Å². The molecule has 0 aromatic carbocycles. The largest absolute Gasteiger partial charge is 0.314 e.